The van der Waals surface area contributed by atoms with Crippen molar-refractivity contribution in [3.8, 4) is 22.8 Å². The van der Waals surface area contributed by atoms with Crippen molar-refractivity contribution in [2.45, 2.75) is 13.0 Å². The fourth-order valence-corrected chi connectivity index (χ4v) is 3.35. The van der Waals surface area contributed by atoms with Gasteiger partial charge in [-0.05, 0) is 48.9 Å². The third-order valence-corrected chi connectivity index (χ3v) is 4.84. The number of imidazole rings is 1. The molecule has 6 nitrogen and oxygen atoms in total. The van der Waals surface area contributed by atoms with Crippen LogP contribution in [0.3, 0.4) is 0 Å². The number of benzene rings is 2. The Kier molecular flexibility index (Phi) is 4.17. The molecule has 1 aliphatic rings. The molecule has 0 fully saturated rings. The van der Waals surface area contributed by atoms with Crippen LogP contribution in [0.4, 0.5) is 5.69 Å². The Morgan fingerprint density at radius 1 is 1.10 bits per heavy atom. The molecule has 0 radical (unpaired) electrons. The lowest BCUT2D eigenvalue weighted by atomic mass is 10.1. The summed E-state index contributed by atoms with van der Waals surface area (Å²) in [5.41, 5.74) is 4.50. The average molecular weight is 385 g/mol. The summed E-state index contributed by atoms with van der Waals surface area (Å²) in [6.45, 7) is 2.22. The molecule has 1 amide bonds. The summed E-state index contributed by atoms with van der Waals surface area (Å²) in [5, 5.41) is 2.92. The molecule has 3 heterocycles. The number of amides is 1. The predicted molar refractivity (Wildman–Crippen MR) is 110 cm³/mol. The smallest absolute Gasteiger partial charge is 0.269 e. The van der Waals surface area contributed by atoms with Crippen LogP contribution in [0.25, 0.3) is 16.9 Å². The van der Waals surface area contributed by atoms with Gasteiger partial charge in [-0.15, -0.1) is 0 Å². The van der Waals surface area contributed by atoms with Crippen LogP contribution in [0.5, 0.6) is 11.5 Å². The Bertz CT molecular complexity index is 1210. The lowest BCUT2D eigenvalue weighted by molar-refractivity contribution is -0.125. The van der Waals surface area contributed by atoms with Gasteiger partial charge in [-0.25, -0.2) is 4.98 Å². The maximum absolute atomic E-state index is 12.7. The molecule has 29 heavy (non-hydrogen) atoms. The molecule has 4 aromatic rings. The van der Waals surface area contributed by atoms with Gasteiger partial charge in [-0.2, -0.15) is 0 Å². The molecule has 6 heteroatoms. The van der Waals surface area contributed by atoms with E-state index in [1.54, 1.807) is 6.07 Å². The van der Waals surface area contributed by atoms with Gasteiger partial charge in [-0.3, -0.25) is 4.79 Å². The quantitative estimate of drug-likeness (QED) is 0.577. The van der Waals surface area contributed by atoms with E-state index < -0.39 is 6.10 Å². The normalized spacial score (nSPS) is 15.3. The molecule has 144 valence electrons. The zero-order valence-corrected chi connectivity index (χ0v) is 15.8. The summed E-state index contributed by atoms with van der Waals surface area (Å²) in [6, 6.07) is 19.0. The molecule has 0 bridgehead atoms. The minimum Gasteiger partial charge on any atom is -0.485 e. The second kappa shape index (κ2) is 6.98. The van der Waals surface area contributed by atoms with Crippen molar-refractivity contribution in [1.82, 2.24) is 9.38 Å². The molecular weight excluding hydrogens is 366 g/mol. The molecule has 5 rings (SSSR count). The number of pyridine rings is 1. The molecular formula is C23H19N3O3. The van der Waals surface area contributed by atoms with Gasteiger partial charge in [0, 0.05) is 23.6 Å². The van der Waals surface area contributed by atoms with Crippen molar-refractivity contribution in [3.05, 3.63) is 78.6 Å². The number of carbonyl (C=O) groups is 1. The van der Waals surface area contributed by atoms with Gasteiger partial charge in [0.1, 0.15) is 12.3 Å². The number of aromatic nitrogens is 2. The molecule has 0 saturated heterocycles. The summed E-state index contributed by atoms with van der Waals surface area (Å²) >= 11 is 0. The highest BCUT2D eigenvalue weighted by atomic mass is 16.6. The number of anilines is 1. The number of para-hydroxylation sites is 2. The molecule has 0 aliphatic carbocycles. The van der Waals surface area contributed by atoms with Crippen molar-refractivity contribution in [3.63, 3.8) is 0 Å². The third-order valence-electron chi connectivity index (χ3n) is 4.84. The van der Waals surface area contributed by atoms with E-state index in [9.17, 15) is 4.79 Å². The highest BCUT2D eigenvalue weighted by Gasteiger charge is 2.27. The van der Waals surface area contributed by atoms with Gasteiger partial charge >= 0.3 is 0 Å². The second-order valence-electron chi connectivity index (χ2n) is 7.03. The summed E-state index contributed by atoms with van der Waals surface area (Å²) in [5.74, 6) is 0.982. The topological polar surface area (TPSA) is 64.9 Å². The zero-order valence-electron chi connectivity index (χ0n) is 15.8. The highest BCUT2D eigenvalue weighted by Crippen LogP contribution is 2.31. The summed E-state index contributed by atoms with van der Waals surface area (Å²) in [4.78, 5) is 17.4. The van der Waals surface area contributed by atoms with Crippen molar-refractivity contribution in [1.29, 1.82) is 0 Å². The van der Waals surface area contributed by atoms with Gasteiger partial charge in [0.05, 0.1) is 5.69 Å². The predicted octanol–water partition coefficient (Wildman–Crippen LogP) is 4.09. The van der Waals surface area contributed by atoms with Crippen LogP contribution in [0, 0.1) is 6.92 Å². The lowest BCUT2D eigenvalue weighted by Crippen LogP contribution is -2.40. The number of carbonyl (C=O) groups excluding carboxylic acids is 1. The van der Waals surface area contributed by atoms with Gasteiger partial charge in [0.25, 0.3) is 5.91 Å². The number of fused-ring (bicyclic) bond motifs is 2. The monoisotopic (exact) mass is 385 g/mol. The van der Waals surface area contributed by atoms with Crippen molar-refractivity contribution in [2.24, 2.45) is 0 Å². The minimum absolute atomic E-state index is 0.175. The highest BCUT2D eigenvalue weighted by molar-refractivity contribution is 5.95. The Balaban J connectivity index is 1.35. The number of hydrogen-bond donors (Lipinski definition) is 1. The lowest BCUT2D eigenvalue weighted by Gasteiger charge is -2.25. The van der Waals surface area contributed by atoms with E-state index in [1.807, 2.05) is 78.3 Å². The molecule has 0 saturated carbocycles. The fourth-order valence-electron chi connectivity index (χ4n) is 3.35. The Hall–Kier alpha value is -3.80. The number of hydrogen-bond acceptors (Lipinski definition) is 4. The van der Waals surface area contributed by atoms with Gasteiger partial charge in [-0.1, -0.05) is 24.3 Å². The number of rotatable bonds is 3. The van der Waals surface area contributed by atoms with Gasteiger partial charge < -0.3 is 19.2 Å². The van der Waals surface area contributed by atoms with Gasteiger partial charge in [0.2, 0.25) is 6.10 Å². The second-order valence-corrected chi connectivity index (χ2v) is 7.03. The van der Waals surface area contributed by atoms with Crippen LogP contribution in [0.15, 0.2) is 73.1 Å². The van der Waals surface area contributed by atoms with E-state index >= 15 is 0 Å². The van der Waals surface area contributed by atoms with Crippen LogP contribution in [-0.4, -0.2) is 28.0 Å². The molecule has 2 aromatic carbocycles. The first kappa shape index (κ1) is 17.3. The largest absolute Gasteiger partial charge is 0.485 e. The molecule has 2 aromatic heterocycles. The minimum atomic E-state index is -0.702. The van der Waals surface area contributed by atoms with Crippen LogP contribution in [-0.2, 0) is 4.79 Å². The van der Waals surface area contributed by atoms with E-state index in [-0.39, 0.29) is 12.5 Å². The maximum atomic E-state index is 12.7. The number of aryl methyl sites for hydroxylation is 1. The number of ether oxygens (including phenoxy) is 2. The molecule has 1 N–H and O–H groups in total. The van der Waals surface area contributed by atoms with Crippen molar-refractivity contribution < 1.29 is 14.3 Å². The standard InChI is InChI=1S/C23H19N3O3/c1-15-9-10-26-13-18(25-22(26)11-15)16-5-4-6-17(12-16)24-23(27)21-14-28-19-7-2-3-8-20(19)29-21/h2-13,21H,14H2,1H3,(H,24,27)/t21-/m0/s1. The maximum Gasteiger partial charge on any atom is 0.269 e. The van der Waals surface area contributed by atoms with Crippen LogP contribution >= 0.6 is 0 Å². The van der Waals surface area contributed by atoms with Crippen molar-refractivity contribution >= 4 is 17.2 Å². The first-order chi connectivity index (χ1) is 14.2. The van der Waals surface area contributed by atoms with E-state index in [0.717, 1.165) is 22.5 Å². The number of nitrogens with one attached hydrogen (secondary N) is 1. The zero-order chi connectivity index (χ0) is 19.8. The average Bonchev–Trinajstić information content (AvgIpc) is 3.17. The summed E-state index contributed by atoms with van der Waals surface area (Å²) < 4.78 is 13.4. The van der Waals surface area contributed by atoms with Crippen molar-refractivity contribution in [2.75, 3.05) is 11.9 Å². The fraction of sp³-hybridized carbons (Fsp3) is 0.130. The summed E-state index contributed by atoms with van der Waals surface area (Å²) in [6.07, 6.45) is 3.27. The van der Waals surface area contributed by atoms with Gasteiger partial charge in [0.15, 0.2) is 11.5 Å². The van der Waals surface area contributed by atoms with Crippen LogP contribution in [0.2, 0.25) is 0 Å². The van der Waals surface area contributed by atoms with E-state index in [4.69, 9.17) is 9.47 Å². The first-order valence-corrected chi connectivity index (χ1v) is 9.41. The Labute approximate surface area is 167 Å². The number of nitrogens with zero attached hydrogens (tertiary/aromatic N) is 2. The van der Waals surface area contributed by atoms with Crippen LogP contribution in [0.1, 0.15) is 5.56 Å². The van der Waals surface area contributed by atoms with E-state index in [2.05, 4.69) is 10.3 Å². The molecule has 0 unspecified atom stereocenters. The summed E-state index contributed by atoms with van der Waals surface area (Å²) in [7, 11) is 0. The first-order valence-electron chi connectivity index (χ1n) is 9.41. The van der Waals surface area contributed by atoms with E-state index in [1.165, 1.54) is 0 Å². The molecule has 1 atom stereocenters. The Morgan fingerprint density at radius 2 is 1.97 bits per heavy atom. The molecule has 0 spiro atoms. The third kappa shape index (κ3) is 3.40. The Morgan fingerprint density at radius 3 is 2.86 bits per heavy atom. The van der Waals surface area contributed by atoms with E-state index in [0.29, 0.717) is 17.2 Å². The van der Waals surface area contributed by atoms with Crippen LogP contribution < -0.4 is 14.8 Å². The molecule has 1 aliphatic heterocycles. The SMILES string of the molecule is Cc1ccn2cc(-c3cccc(NC(=O)[C@@H]4COc5ccccc5O4)c3)nc2c1.